The Morgan fingerprint density at radius 3 is 2.32 bits per heavy atom. The van der Waals surface area contributed by atoms with E-state index in [1.54, 1.807) is 0 Å². The van der Waals surface area contributed by atoms with Crippen LogP contribution in [0.1, 0.15) is 58.8 Å². The minimum atomic E-state index is -1.02. The molecule has 2 rings (SSSR count). The molecule has 0 aromatic heterocycles. The third-order valence-electron chi connectivity index (χ3n) is 5.75. The molecule has 28 heavy (non-hydrogen) atoms. The predicted molar refractivity (Wildman–Crippen MR) is 103 cm³/mol. The second kappa shape index (κ2) is 10.4. The molecule has 3 amide bonds. The SMILES string of the molecule is CCCC(=O)N1CCCC(C(=O)N2CCCC(N(CC(=O)O)C(C)=O)CC2)C1. The van der Waals surface area contributed by atoms with E-state index in [9.17, 15) is 19.2 Å². The first-order valence-corrected chi connectivity index (χ1v) is 10.4. The zero-order valence-electron chi connectivity index (χ0n) is 17.1. The van der Waals surface area contributed by atoms with Crippen LogP contribution in [0.25, 0.3) is 0 Å². The molecule has 2 aliphatic heterocycles. The topological polar surface area (TPSA) is 98.2 Å². The third-order valence-corrected chi connectivity index (χ3v) is 5.75. The molecule has 2 heterocycles. The highest BCUT2D eigenvalue weighted by molar-refractivity contribution is 5.82. The lowest BCUT2D eigenvalue weighted by molar-refractivity contribution is -0.145. The zero-order valence-corrected chi connectivity index (χ0v) is 17.1. The van der Waals surface area contributed by atoms with Gasteiger partial charge in [-0.3, -0.25) is 19.2 Å². The average molecular weight is 396 g/mol. The van der Waals surface area contributed by atoms with Crippen LogP contribution in [0, 0.1) is 5.92 Å². The minimum Gasteiger partial charge on any atom is -0.480 e. The van der Waals surface area contributed by atoms with Gasteiger partial charge < -0.3 is 19.8 Å². The van der Waals surface area contributed by atoms with Gasteiger partial charge in [-0.2, -0.15) is 0 Å². The summed E-state index contributed by atoms with van der Waals surface area (Å²) in [5, 5.41) is 9.06. The van der Waals surface area contributed by atoms with Gasteiger partial charge in [0.05, 0.1) is 5.92 Å². The van der Waals surface area contributed by atoms with Crippen LogP contribution in [0.5, 0.6) is 0 Å². The molecule has 0 radical (unpaired) electrons. The summed E-state index contributed by atoms with van der Waals surface area (Å²) < 4.78 is 0. The molecule has 2 fully saturated rings. The summed E-state index contributed by atoms with van der Waals surface area (Å²) in [5.74, 6) is -1.21. The largest absolute Gasteiger partial charge is 0.480 e. The van der Waals surface area contributed by atoms with Crippen LogP contribution >= 0.6 is 0 Å². The van der Waals surface area contributed by atoms with E-state index >= 15 is 0 Å². The van der Waals surface area contributed by atoms with E-state index < -0.39 is 5.97 Å². The van der Waals surface area contributed by atoms with Crippen LogP contribution in [0.15, 0.2) is 0 Å². The van der Waals surface area contributed by atoms with E-state index in [-0.39, 0.29) is 36.2 Å². The predicted octanol–water partition coefficient (Wildman–Crippen LogP) is 1.34. The molecule has 2 atom stereocenters. The fourth-order valence-electron chi connectivity index (χ4n) is 4.29. The number of nitrogens with zero attached hydrogens (tertiary/aromatic N) is 3. The van der Waals surface area contributed by atoms with Gasteiger partial charge in [0.2, 0.25) is 17.7 Å². The summed E-state index contributed by atoms with van der Waals surface area (Å²) in [5.41, 5.74) is 0. The van der Waals surface area contributed by atoms with Gasteiger partial charge in [0.25, 0.3) is 0 Å². The standard InChI is InChI=1S/C20H33N3O5/c1-3-6-18(25)22-11-4-7-16(13-22)20(28)21-10-5-8-17(9-12-21)23(15(2)24)14-19(26)27/h16-17H,3-14H2,1-2H3,(H,26,27). The van der Waals surface area contributed by atoms with Crippen LogP contribution in [0.4, 0.5) is 0 Å². The van der Waals surface area contributed by atoms with E-state index in [2.05, 4.69) is 0 Å². The second-order valence-corrected chi connectivity index (χ2v) is 7.88. The summed E-state index contributed by atoms with van der Waals surface area (Å²) in [6.45, 7) is 5.43. The summed E-state index contributed by atoms with van der Waals surface area (Å²) in [4.78, 5) is 53.2. The number of piperidine rings is 1. The van der Waals surface area contributed by atoms with Crippen molar-refractivity contribution in [2.75, 3.05) is 32.7 Å². The van der Waals surface area contributed by atoms with Crippen molar-refractivity contribution in [1.82, 2.24) is 14.7 Å². The molecule has 0 aromatic carbocycles. The van der Waals surface area contributed by atoms with Crippen molar-refractivity contribution < 1.29 is 24.3 Å². The molecule has 2 unspecified atom stereocenters. The van der Waals surface area contributed by atoms with Gasteiger partial charge >= 0.3 is 5.97 Å². The fraction of sp³-hybridized carbons (Fsp3) is 0.800. The fourth-order valence-corrected chi connectivity index (χ4v) is 4.29. The van der Waals surface area contributed by atoms with Gasteiger partial charge in [0, 0.05) is 45.6 Å². The molecule has 0 saturated carbocycles. The quantitative estimate of drug-likeness (QED) is 0.732. The van der Waals surface area contributed by atoms with E-state index in [1.807, 2.05) is 16.7 Å². The molecule has 0 aromatic rings. The first-order valence-electron chi connectivity index (χ1n) is 10.4. The van der Waals surface area contributed by atoms with E-state index in [0.29, 0.717) is 38.9 Å². The van der Waals surface area contributed by atoms with Gasteiger partial charge in [-0.15, -0.1) is 0 Å². The van der Waals surface area contributed by atoms with E-state index in [1.165, 1.54) is 11.8 Å². The number of likely N-dealkylation sites (tertiary alicyclic amines) is 2. The Labute approximate surface area is 166 Å². The molecular weight excluding hydrogens is 362 g/mol. The molecule has 2 saturated heterocycles. The number of carbonyl (C=O) groups is 4. The van der Waals surface area contributed by atoms with Crippen LogP contribution in [0.3, 0.4) is 0 Å². The van der Waals surface area contributed by atoms with Gasteiger partial charge in [-0.25, -0.2) is 0 Å². The van der Waals surface area contributed by atoms with Crippen molar-refractivity contribution in [1.29, 1.82) is 0 Å². The lowest BCUT2D eigenvalue weighted by Crippen LogP contribution is -2.47. The normalized spacial score (nSPS) is 23.1. The Morgan fingerprint density at radius 1 is 1.00 bits per heavy atom. The van der Waals surface area contributed by atoms with Gasteiger partial charge in [-0.1, -0.05) is 6.92 Å². The molecule has 1 N–H and O–H groups in total. The minimum absolute atomic E-state index is 0.0854. The molecule has 0 aliphatic carbocycles. The third kappa shape index (κ3) is 5.94. The Hall–Kier alpha value is -2.12. The molecule has 2 aliphatic rings. The number of hydrogen-bond donors (Lipinski definition) is 1. The van der Waals surface area contributed by atoms with Crippen molar-refractivity contribution in [2.24, 2.45) is 5.92 Å². The smallest absolute Gasteiger partial charge is 0.323 e. The molecule has 0 bridgehead atoms. The lowest BCUT2D eigenvalue weighted by Gasteiger charge is -2.35. The van der Waals surface area contributed by atoms with Crippen LogP contribution in [-0.2, 0) is 19.2 Å². The summed E-state index contributed by atoms with van der Waals surface area (Å²) in [7, 11) is 0. The van der Waals surface area contributed by atoms with Crippen LogP contribution < -0.4 is 0 Å². The monoisotopic (exact) mass is 395 g/mol. The van der Waals surface area contributed by atoms with Crippen molar-refractivity contribution >= 4 is 23.7 Å². The second-order valence-electron chi connectivity index (χ2n) is 7.88. The summed E-state index contributed by atoms with van der Waals surface area (Å²) in [6, 6.07) is -0.152. The molecule has 8 heteroatoms. The maximum Gasteiger partial charge on any atom is 0.323 e. The molecular formula is C20H33N3O5. The number of carbonyl (C=O) groups excluding carboxylic acids is 3. The average Bonchev–Trinajstić information content (AvgIpc) is 2.91. The summed E-state index contributed by atoms with van der Waals surface area (Å²) in [6.07, 6.45) is 5.00. The first-order chi connectivity index (χ1) is 13.3. The lowest BCUT2D eigenvalue weighted by atomic mass is 9.96. The highest BCUT2D eigenvalue weighted by atomic mass is 16.4. The highest BCUT2D eigenvalue weighted by Crippen LogP contribution is 2.23. The van der Waals surface area contributed by atoms with Crippen LogP contribution in [0.2, 0.25) is 0 Å². The highest BCUT2D eigenvalue weighted by Gasteiger charge is 2.33. The van der Waals surface area contributed by atoms with E-state index in [4.69, 9.17) is 5.11 Å². The number of aliphatic carboxylic acids is 1. The number of hydrogen-bond acceptors (Lipinski definition) is 4. The van der Waals surface area contributed by atoms with Crippen molar-refractivity contribution in [3.05, 3.63) is 0 Å². The molecule has 158 valence electrons. The maximum absolute atomic E-state index is 13.0. The van der Waals surface area contributed by atoms with Crippen LogP contribution in [-0.4, -0.2) is 82.3 Å². The van der Waals surface area contributed by atoms with E-state index in [0.717, 1.165) is 32.2 Å². The van der Waals surface area contributed by atoms with Crippen molar-refractivity contribution in [3.63, 3.8) is 0 Å². The molecule has 8 nitrogen and oxygen atoms in total. The Morgan fingerprint density at radius 2 is 1.68 bits per heavy atom. The Bertz CT molecular complexity index is 594. The Kier molecular flexibility index (Phi) is 8.26. The number of carboxylic acid groups (broad SMARTS) is 1. The van der Waals surface area contributed by atoms with Crippen molar-refractivity contribution in [2.45, 2.75) is 64.8 Å². The summed E-state index contributed by atoms with van der Waals surface area (Å²) >= 11 is 0. The Balaban J connectivity index is 1.95. The van der Waals surface area contributed by atoms with Gasteiger partial charge in [-0.05, 0) is 38.5 Å². The maximum atomic E-state index is 13.0. The number of carboxylic acids is 1. The van der Waals surface area contributed by atoms with Gasteiger partial charge in [0.15, 0.2) is 0 Å². The van der Waals surface area contributed by atoms with Crippen molar-refractivity contribution in [3.8, 4) is 0 Å². The first kappa shape index (κ1) is 22.2. The van der Waals surface area contributed by atoms with Gasteiger partial charge in [0.1, 0.15) is 6.54 Å². The molecule has 0 spiro atoms. The number of amides is 3. The number of rotatable bonds is 6. The zero-order chi connectivity index (χ0) is 20.7.